The van der Waals surface area contributed by atoms with E-state index in [-0.39, 0.29) is 5.92 Å². The van der Waals surface area contributed by atoms with E-state index >= 15 is 0 Å². The van der Waals surface area contributed by atoms with E-state index in [9.17, 15) is 5.26 Å². The summed E-state index contributed by atoms with van der Waals surface area (Å²) < 4.78 is 17.4. The summed E-state index contributed by atoms with van der Waals surface area (Å²) in [4.78, 5) is 3.18. The third kappa shape index (κ3) is 2.44. The summed E-state index contributed by atoms with van der Waals surface area (Å²) in [7, 11) is 3.19. The standard InChI is InChI=1S/C20H15BrN2O3/c1-24-17-8-11(7-15(21)20(17)25-2)18-12(9-22)10-26-19-13-5-6-23-16(13)4-3-14(18)19/h3-8,10,18,23H,1-2H3. The summed E-state index contributed by atoms with van der Waals surface area (Å²) >= 11 is 3.54. The predicted molar refractivity (Wildman–Crippen MR) is 102 cm³/mol. The molecule has 26 heavy (non-hydrogen) atoms. The van der Waals surface area contributed by atoms with Crippen molar-refractivity contribution in [2.75, 3.05) is 14.2 Å². The molecular formula is C20H15BrN2O3. The molecule has 1 aromatic heterocycles. The van der Waals surface area contributed by atoms with E-state index in [1.807, 2.05) is 36.5 Å². The van der Waals surface area contributed by atoms with Gasteiger partial charge in [0.1, 0.15) is 12.0 Å². The van der Waals surface area contributed by atoms with Crippen molar-refractivity contribution in [3.05, 3.63) is 64.0 Å². The Morgan fingerprint density at radius 3 is 2.77 bits per heavy atom. The molecule has 1 N–H and O–H groups in total. The first-order chi connectivity index (χ1) is 12.7. The minimum Gasteiger partial charge on any atom is -0.493 e. The Hall–Kier alpha value is -2.91. The molecule has 0 spiro atoms. The second-order valence-electron chi connectivity index (χ2n) is 5.90. The Labute approximate surface area is 158 Å². The molecule has 1 aliphatic heterocycles. The fourth-order valence-electron chi connectivity index (χ4n) is 3.39. The number of allylic oxidation sites excluding steroid dienone is 1. The number of benzene rings is 2. The van der Waals surface area contributed by atoms with Crippen molar-refractivity contribution in [2.24, 2.45) is 0 Å². The SMILES string of the molecule is COc1cc(C2C(C#N)=COc3c2ccc2[nH]ccc32)cc(Br)c1OC. The summed E-state index contributed by atoms with van der Waals surface area (Å²) in [5.41, 5.74) is 3.38. The first-order valence-corrected chi connectivity index (χ1v) is 8.75. The van der Waals surface area contributed by atoms with Crippen LogP contribution in [0.1, 0.15) is 17.0 Å². The van der Waals surface area contributed by atoms with Crippen LogP contribution in [-0.4, -0.2) is 19.2 Å². The number of methoxy groups -OCH3 is 2. The van der Waals surface area contributed by atoms with Gasteiger partial charge in [-0.05, 0) is 45.8 Å². The van der Waals surface area contributed by atoms with E-state index < -0.39 is 0 Å². The van der Waals surface area contributed by atoms with Crippen LogP contribution in [-0.2, 0) is 0 Å². The van der Waals surface area contributed by atoms with Crippen LogP contribution >= 0.6 is 15.9 Å². The van der Waals surface area contributed by atoms with Crippen molar-refractivity contribution >= 4 is 26.8 Å². The van der Waals surface area contributed by atoms with Gasteiger partial charge in [-0.1, -0.05) is 6.07 Å². The molecule has 1 aliphatic rings. The number of nitriles is 1. The summed E-state index contributed by atoms with van der Waals surface area (Å²) in [6.45, 7) is 0. The van der Waals surface area contributed by atoms with Crippen molar-refractivity contribution in [3.63, 3.8) is 0 Å². The molecular weight excluding hydrogens is 396 g/mol. The highest BCUT2D eigenvalue weighted by molar-refractivity contribution is 9.10. The summed E-state index contributed by atoms with van der Waals surface area (Å²) in [5.74, 6) is 1.73. The molecule has 0 saturated heterocycles. The number of nitrogens with one attached hydrogen (secondary N) is 1. The third-order valence-electron chi connectivity index (χ3n) is 4.56. The van der Waals surface area contributed by atoms with Crippen LogP contribution in [0.3, 0.4) is 0 Å². The van der Waals surface area contributed by atoms with E-state index in [4.69, 9.17) is 14.2 Å². The minimum atomic E-state index is -0.251. The smallest absolute Gasteiger partial charge is 0.174 e. The molecule has 2 aromatic carbocycles. The molecule has 6 heteroatoms. The lowest BCUT2D eigenvalue weighted by molar-refractivity contribution is 0.352. The van der Waals surface area contributed by atoms with Crippen molar-refractivity contribution in [1.29, 1.82) is 5.26 Å². The normalized spacial score (nSPS) is 15.6. The molecule has 1 unspecified atom stereocenters. The van der Waals surface area contributed by atoms with Gasteiger partial charge in [-0.15, -0.1) is 0 Å². The monoisotopic (exact) mass is 410 g/mol. The predicted octanol–water partition coefficient (Wildman–Crippen LogP) is 4.88. The lowest BCUT2D eigenvalue weighted by Gasteiger charge is -2.25. The van der Waals surface area contributed by atoms with Gasteiger partial charge >= 0.3 is 0 Å². The van der Waals surface area contributed by atoms with Gasteiger partial charge < -0.3 is 19.2 Å². The number of hydrogen-bond donors (Lipinski definition) is 1. The van der Waals surface area contributed by atoms with Crippen LogP contribution in [0, 0.1) is 11.3 Å². The molecule has 4 rings (SSSR count). The number of ether oxygens (including phenoxy) is 3. The molecule has 2 heterocycles. The molecule has 0 fully saturated rings. The van der Waals surface area contributed by atoms with Gasteiger partial charge in [0.05, 0.1) is 36.3 Å². The Morgan fingerprint density at radius 1 is 1.19 bits per heavy atom. The van der Waals surface area contributed by atoms with Crippen molar-refractivity contribution in [2.45, 2.75) is 5.92 Å². The molecule has 0 aliphatic carbocycles. The van der Waals surface area contributed by atoms with Crippen molar-refractivity contribution < 1.29 is 14.2 Å². The van der Waals surface area contributed by atoms with E-state index in [1.165, 1.54) is 6.26 Å². The fraction of sp³-hybridized carbons (Fsp3) is 0.150. The minimum absolute atomic E-state index is 0.251. The zero-order valence-electron chi connectivity index (χ0n) is 14.2. The maximum atomic E-state index is 9.65. The average molecular weight is 411 g/mol. The molecule has 0 saturated carbocycles. The highest BCUT2D eigenvalue weighted by atomic mass is 79.9. The van der Waals surface area contributed by atoms with Gasteiger partial charge in [0.15, 0.2) is 11.5 Å². The highest BCUT2D eigenvalue weighted by Crippen LogP contribution is 2.47. The first kappa shape index (κ1) is 16.6. The summed E-state index contributed by atoms with van der Waals surface area (Å²) in [6.07, 6.45) is 3.41. The maximum absolute atomic E-state index is 9.65. The third-order valence-corrected chi connectivity index (χ3v) is 5.15. The second kappa shape index (κ2) is 6.43. The van der Waals surface area contributed by atoms with Gasteiger partial charge in [-0.2, -0.15) is 5.26 Å². The lowest BCUT2D eigenvalue weighted by Crippen LogP contribution is -2.12. The first-order valence-electron chi connectivity index (χ1n) is 7.96. The number of aromatic amines is 1. The highest BCUT2D eigenvalue weighted by Gasteiger charge is 2.29. The molecule has 0 bridgehead atoms. The molecule has 0 amide bonds. The van der Waals surface area contributed by atoms with Crippen LogP contribution in [0.2, 0.25) is 0 Å². The summed E-state index contributed by atoms with van der Waals surface area (Å²) in [5, 5.41) is 10.6. The molecule has 1 atom stereocenters. The number of aromatic nitrogens is 1. The van der Waals surface area contributed by atoms with Crippen LogP contribution < -0.4 is 14.2 Å². The van der Waals surface area contributed by atoms with E-state index in [1.54, 1.807) is 14.2 Å². The Kier molecular flexibility index (Phi) is 4.09. The van der Waals surface area contributed by atoms with Crippen LogP contribution in [0.5, 0.6) is 17.2 Å². The topological polar surface area (TPSA) is 67.3 Å². The quantitative estimate of drug-likeness (QED) is 0.667. The van der Waals surface area contributed by atoms with Crippen molar-refractivity contribution in [3.8, 4) is 23.3 Å². The van der Waals surface area contributed by atoms with E-state index in [0.29, 0.717) is 17.1 Å². The molecule has 130 valence electrons. The van der Waals surface area contributed by atoms with Gasteiger partial charge in [0, 0.05) is 22.7 Å². The number of halogens is 1. The summed E-state index contributed by atoms with van der Waals surface area (Å²) in [6, 6.07) is 12.1. The van der Waals surface area contributed by atoms with Gasteiger partial charge in [0.2, 0.25) is 0 Å². The number of nitrogens with zero attached hydrogens (tertiary/aromatic N) is 1. The maximum Gasteiger partial charge on any atom is 0.174 e. The zero-order chi connectivity index (χ0) is 18.3. The van der Waals surface area contributed by atoms with E-state index in [0.717, 1.165) is 32.3 Å². The molecule has 3 aromatic rings. The number of rotatable bonds is 3. The fourth-order valence-corrected chi connectivity index (χ4v) is 4.02. The number of fused-ring (bicyclic) bond motifs is 3. The van der Waals surface area contributed by atoms with E-state index in [2.05, 4.69) is 27.0 Å². The zero-order valence-corrected chi connectivity index (χ0v) is 15.8. The number of hydrogen-bond acceptors (Lipinski definition) is 4. The van der Waals surface area contributed by atoms with Gasteiger partial charge in [0.25, 0.3) is 0 Å². The lowest BCUT2D eigenvalue weighted by atomic mass is 9.83. The van der Waals surface area contributed by atoms with Gasteiger partial charge in [-0.25, -0.2) is 0 Å². The second-order valence-corrected chi connectivity index (χ2v) is 6.75. The molecule has 5 nitrogen and oxygen atoms in total. The Balaban J connectivity index is 1.95. The Bertz CT molecular complexity index is 1080. The van der Waals surface area contributed by atoms with Crippen LogP contribution in [0.25, 0.3) is 10.9 Å². The van der Waals surface area contributed by atoms with Crippen LogP contribution in [0.15, 0.2) is 52.8 Å². The number of H-pyrrole nitrogens is 1. The van der Waals surface area contributed by atoms with Crippen LogP contribution in [0.4, 0.5) is 0 Å². The molecule has 0 radical (unpaired) electrons. The largest absolute Gasteiger partial charge is 0.493 e. The Morgan fingerprint density at radius 2 is 2.04 bits per heavy atom. The van der Waals surface area contributed by atoms with Gasteiger partial charge in [-0.3, -0.25) is 0 Å². The van der Waals surface area contributed by atoms with Crippen molar-refractivity contribution in [1.82, 2.24) is 4.98 Å². The average Bonchev–Trinajstić information content (AvgIpc) is 3.15.